The fourth-order valence-electron chi connectivity index (χ4n) is 1.75. The Morgan fingerprint density at radius 1 is 1.35 bits per heavy atom. The Balaban J connectivity index is 2.41. The summed E-state index contributed by atoms with van der Waals surface area (Å²) in [5.41, 5.74) is 6.43. The number of hydrogen-bond acceptors (Lipinski definition) is 3. The molecule has 96 valence electrons. The molecule has 0 aliphatic carbocycles. The summed E-state index contributed by atoms with van der Waals surface area (Å²) in [7, 11) is 0. The Hall–Kier alpha value is -1.09. The summed E-state index contributed by atoms with van der Waals surface area (Å²) in [5, 5.41) is 0. The number of unbranched alkanes of at least 4 members (excludes halogenated alkanes) is 1. The van der Waals surface area contributed by atoms with Gasteiger partial charge in [0.25, 0.3) is 0 Å². The SMILES string of the molecule is CCCCC(CC)COc1cccc(CN)n1. The lowest BCUT2D eigenvalue weighted by Gasteiger charge is -2.15. The quantitative estimate of drug-likeness (QED) is 0.754. The van der Waals surface area contributed by atoms with Crippen molar-refractivity contribution in [1.82, 2.24) is 4.98 Å². The third kappa shape index (κ3) is 5.18. The van der Waals surface area contributed by atoms with E-state index in [1.165, 1.54) is 19.3 Å². The zero-order valence-corrected chi connectivity index (χ0v) is 11.0. The van der Waals surface area contributed by atoms with Gasteiger partial charge in [0.1, 0.15) is 0 Å². The molecule has 1 atom stereocenters. The number of nitrogens with two attached hydrogens (primary N) is 1. The van der Waals surface area contributed by atoms with Gasteiger partial charge >= 0.3 is 0 Å². The highest BCUT2D eigenvalue weighted by Crippen LogP contribution is 2.15. The highest BCUT2D eigenvalue weighted by molar-refractivity contribution is 5.15. The van der Waals surface area contributed by atoms with Crippen LogP contribution in [0, 0.1) is 5.92 Å². The van der Waals surface area contributed by atoms with Crippen LogP contribution in [0.4, 0.5) is 0 Å². The molecule has 1 unspecified atom stereocenters. The molecular weight excluding hydrogens is 212 g/mol. The highest BCUT2D eigenvalue weighted by Gasteiger charge is 2.07. The van der Waals surface area contributed by atoms with Crippen LogP contribution in [0.15, 0.2) is 18.2 Å². The average molecular weight is 236 g/mol. The molecule has 2 N–H and O–H groups in total. The molecule has 1 aromatic rings. The number of nitrogens with zero attached hydrogens (tertiary/aromatic N) is 1. The predicted octanol–water partition coefficient (Wildman–Crippen LogP) is 3.14. The number of pyridine rings is 1. The molecule has 1 rings (SSSR count). The zero-order valence-electron chi connectivity index (χ0n) is 11.0. The van der Waals surface area contributed by atoms with Crippen molar-refractivity contribution < 1.29 is 4.74 Å². The second-order valence-corrected chi connectivity index (χ2v) is 4.40. The van der Waals surface area contributed by atoms with Crippen molar-refractivity contribution in [2.75, 3.05) is 6.61 Å². The first-order valence-corrected chi connectivity index (χ1v) is 6.58. The summed E-state index contributed by atoms with van der Waals surface area (Å²) in [4.78, 5) is 4.33. The smallest absolute Gasteiger partial charge is 0.213 e. The molecule has 0 aliphatic rings. The van der Waals surface area contributed by atoms with Crippen LogP contribution in [-0.2, 0) is 6.54 Å². The van der Waals surface area contributed by atoms with E-state index in [0.717, 1.165) is 18.7 Å². The second kappa shape index (κ2) is 8.07. The van der Waals surface area contributed by atoms with Gasteiger partial charge < -0.3 is 10.5 Å². The topological polar surface area (TPSA) is 48.1 Å². The summed E-state index contributed by atoms with van der Waals surface area (Å²) in [6.45, 7) is 5.66. The monoisotopic (exact) mass is 236 g/mol. The molecule has 1 heterocycles. The number of ether oxygens (including phenoxy) is 1. The van der Waals surface area contributed by atoms with Crippen LogP contribution < -0.4 is 10.5 Å². The van der Waals surface area contributed by atoms with Crippen molar-refractivity contribution >= 4 is 0 Å². The summed E-state index contributed by atoms with van der Waals surface area (Å²) in [5.74, 6) is 1.33. The molecule has 3 heteroatoms. The van der Waals surface area contributed by atoms with Gasteiger partial charge in [-0.05, 0) is 18.4 Å². The third-order valence-electron chi connectivity index (χ3n) is 3.00. The first-order chi connectivity index (χ1) is 8.30. The Bertz CT molecular complexity index is 315. The maximum atomic E-state index is 5.73. The van der Waals surface area contributed by atoms with Gasteiger partial charge in [0.15, 0.2) is 0 Å². The molecule has 0 fully saturated rings. The minimum absolute atomic E-state index is 0.463. The second-order valence-electron chi connectivity index (χ2n) is 4.40. The molecule has 3 nitrogen and oxygen atoms in total. The van der Waals surface area contributed by atoms with Crippen molar-refractivity contribution in [2.24, 2.45) is 11.7 Å². The van der Waals surface area contributed by atoms with E-state index in [4.69, 9.17) is 10.5 Å². The molecular formula is C14H24N2O. The largest absolute Gasteiger partial charge is 0.477 e. The Morgan fingerprint density at radius 2 is 2.18 bits per heavy atom. The molecule has 0 spiro atoms. The molecule has 0 radical (unpaired) electrons. The van der Waals surface area contributed by atoms with Crippen LogP contribution in [0.25, 0.3) is 0 Å². The lowest BCUT2D eigenvalue weighted by atomic mass is 10.0. The standard InChI is InChI=1S/C14H24N2O/c1-3-5-7-12(4-2)11-17-14-9-6-8-13(10-15)16-14/h6,8-9,12H,3-5,7,10-11,15H2,1-2H3. The summed E-state index contributed by atoms with van der Waals surface area (Å²) in [6.07, 6.45) is 4.93. The van der Waals surface area contributed by atoms with Gasteiger partial charge in [-0.3, -0.25) is 0 Å². The van der Waals surface area contributed by atoms with E-state index in [0.29, 0.717) is 18.3 Å². The van der Waals surface area contributed by atoms with Crippen molar-refractivity contribution in [2.45, 2.75) is 46.1 Å². The number of aromatic nitrogens is 1. The summed E-state index contributed by atoms with van der Waals surface area (Å²) in [6, 6.07) is 5.75. The molecule has 0 amide bonds. The molecule has 0 bridgehead atoms. The molecule has 0 aromatic carbocycles. The lowest BCUT2D eigenvalue weighted by Crippen LogP contribution is -2.12. The van der Waals surface area contributed by atoms with E-state index < -0.39 is 0 Å². The molecule has 0 saturated heterocycles. The first kappa shape index (κ1) is 14.0. The fourth-order valence-corrected chi connectivity index (χ4v) is 1.75. The molecule has 0 saturated carbocycles. The lowest BCUT2D eigenvalue weighted by molar-refractivity contribution is 0.225. The maximum absolute atomic E-state index is 5.73. The van der Waals surface area contributed by atoms with E-state index in [1.807, 2.05) is 18.2 Å². The van der Waals surface area contributed by atoms with Crippen molar-refractivity contribution in [3.63, 3.8) is 0 Å². The van der Waals surface area contributed by atoms with E-state index >= 15 is 0 Å². The van der Waals surface area contributed by atoms with Gasteiger partial charge in [-0.2, -0.15) is 0 Å². The first-order valence-electron chi connectivity index (χ1n) is 6.58. The zero-order chi connectivity index (χ0) is 12.5. The van der Waals surface area contributed by atoms with Gasteiger partial charge in [-0.25, -0.2) is 4.98 Å². The van der Waals surface area contributed by atoms with Crippen LogP contribution in [0.5, 0.6) is 5.88 Å². The van der Waals surface area contributed by atoms with Gasteiger partial charge in [-0.15, -0.1) is 0 Å². The number of rotatable bonds is 8. The maximum Gasteiger partial charge on any atom is 0.213 e. The van der Waals surface area contributed by atoms with Crippen LogP contribution >= 0.6 is 0 Å². The molecule has 1 aromatic heterocycles. The van der Waals surface area contributed by atoms with Crippen LogP contribution in [0.1, 0.15) is 45.2 Å². The van der Waals surface area contributed by atoms with Crippen molar-refractivity contribution in [3.8, 4) is 5.88 Å². The fraction of sp³-hybridized carbons (Fsp3) is 0.643. The Kier molecular flexibility index (Phi) is 6.63. The summed E-state index contributed by atoms with van der Waals surface area (Å²) < 4.78 is 5.73. The van der Waals surface area contributed by atoms with Crippen molar-refractivity contribution in [3.05, 3.63) is 23.9 Å². The minimum Gasteiger partial charge on any atom is -0.477 e. The minimum atomic E-state index is 0.463. The summed E-state index contributed by atoms with van der Waals surface area (Å²) >= 11 is 0. The van der Waals surface area contributed by atoms with Gasteiger partial charge in [0.05, 0.1) is 12.3 Å². The van der Waals surface area contributed by atoms with E-state index in [9.17, 15) is 0 Å². The Labute approximate surface area is 104 Å². The van der Waals surface area contributed by atoms with E-state index in [-0.39, 0.29) is 0 Å². The predicted molar refractivity (Wildman–Crippen MR) is 70.9 cm³/mol. The van der Waals surface area contributed by atoms with Gasteiger partial charge in [0, 0.05) is 12.6 Å². The third-order valence-corrected chi connectivity index (χ3v) is 3.00. The van der Waals surface area contributed by atoms with E-state index in [2.05, 4.69) is 18.8 Å². The Morgan fingerprint density at radius 3 is 2.82 bits per heavy atom. The highest BCUT2D eigenvalue weighted by atomic mass is 16.5. The normalized spacial score (nSPS) is 12.4. The van der Waals surface area contributed by atoms with Crippen LogP contribution in [0.3, 0.4) is 0 Å². The van der Waals surface area contributed by atoms with Crippen molar-refractivity contribution in [1.29, 1.82) is 0 Å². The molecule has 0 aliphatic heterocycles. The molecule has 17 heavy (non-hydrogen) atoms. The number of hydrogen-bond donors (Lipinski definition) is 1. The van der Waals surface area contributed by atoms with E-state index in [1.54, 1.807) is 0 Å². The van der Waals surface area contributed by atoms with Crippen LogP contribution in [-0.4, -0.2) is 11.6 Å². The van der Waals surface area contributed by atoms with Crippen LogP contribution in [0.2, 0.25) is 0 Å². The van der Waals surface area contributed by atoms with Gasteiger partial charge in [0.2, 0.25) is 5.88 Å². The van der Waals surface area contributed by atoms with Gasteiger partial charge in [-0.1, -0.05) is 39.2 Å². The average Bonchev–Trinajstić information content (AvgIpc) is 2.39.